The van der Waals surface area contributed by atoms with Gasteiger partial charge in [0.05, 0.1) is 0 Å². The zero-order valence-corrected chi connectivity index (χ0v) is 53.1. The highest BCUT2D eigenvalue weighted by Gasteiger charge is 2.19. The van der Waals surface area contributed by atoms with Crippen LogP contribution in [0.2, 0.25) is 0 Å². The van der Waals surface area contributed by atoms with Crippen molar-refractivity contribution in [1.29, 1.82) is 0 Å². The molecule has 83 heavy (non-hydrogen) atoms. The third-order valence-electron chi connectivity index (χ3n) is 13.4. The van der Waals surface area contributed by atoms with Crippen LogP contribution in [0.5, 0.6) is 0 Å². The van der Waals surface area contributed by atoms with E-state index in [1.807, 2.05) is 6.08 Å². The molecule has 0 N–H and O–H groups in total. The molecule has 1 unspecified atom stereocenters. The maximum Gasteiger partial charge on any atom is 0.306 e. The van der Waals surface area contributed by atoms with Crippen molar-refractivity contribution in [2.24, 2.45) is 0 Å². The van der Waals surface area contributed by atoms with Gasteiger partial charge in [-0.05, 0) is 141 Å². The first kappa shape index (κ1) is 77.5. The van der Waals surface area contributed by atoms with Crippen molar-refractivity contribution in [1.82, 2.24) is 0 Å². The lowest BCUT2D eigenvalue weighted by Crippen LogP contribution is -2.30. The molecule has 6 heteroatoms. The summed E-state index contributed by atoms with van der Waals surface area (Å²) in [6.07, 6.45) is 103. The van der Waals surface area contributed by atoms with Gasteiger partial charge < -0.3 is 14.2 Å². The summed E-state index contributed by atoms with van der Waals surface area (Å²) in [4.78, 5) is 38.4. The predicted octanol–water partition coefficient (Wildman–Crippen LogP) is 23.2. The van der Waals surface area contributed by atoms with Gasteiger partial charge >= 0.3 is 17.9 Å². The summed E-state index contributed by atoms with van der Waals surface area (Å²) in [5.74, 6) is -1.02. The van der Waals surface area contributed by atoms with Gasteiger partial charge in [-0.1, -0.05) is 287 Å². The average Bonchev–Trinajstić information content (AvgIpc) is 3.49. The van der Waals surface area contributed by atoms with Crippen LogP contribution in [0, 0.1) is 0 Å². The van der Waals surface area contributed by atoms with E-state index >= 15 is 0 Å². The fourth-order valence-electron chi connectivity index (χ4n) is 8.55. The van der Waals surface area contributed by atoms with E-state index in [1.165, 1.54) is 70.6 Å². The second-order valence-corrected chi connectivity index (χ2v) is 21.2. The maximum atomic E-state index is 13.0. The summed E-state index contributed by atoms with van der Waals surface area (Å²) in [5.41, 5.74) is 0. The summed E-state index contributed by atoms with van der Waals surface area (Å²) in [5, 5.41) is 0. The molecule has 0 aliphatic rings. The first-order chi connectivity index (χ1) is 41.0. The van der Waals surface area contributed by atoms with Gasteiger partial charge in [-0.25, -0.2) is 0 Å². The molecule has 0 spiro atoms. The fourth-order valence-corrected chi connectivity index (χ4v) is 8.55. The van der Waals surface area contributed by atoms with Crippen molar-refractivity contribution in [3.63, 3.8) is 0 Å². The van der Waals surface area contributed by atoms with E-state index in [1.54, 1.807) is 0 Å². The quantitative estimate of drug-likeness (QED) is 0.0261. The molecule has 0 fully saturated rings. The van der Waals surface area contributed by atoms with Gasteiger partial charge in [0.25, 0.3) is 0 Å². The third kappa shape index (κ3) is 67.2. The van der Waals surface area contributed by atoms with Crippen molar-refractivity contribution in [2.45, 2.75) is 271 Å². The molecule has 1 atom stereocenters. The zero-order chi connectivity index (χ0) is 59.9. The molecule has 0 rings (SSSR count). The molecule has 0 heterocycles. The Morgan fingerprint density at radius 1 is 0.241 bits per heavy atom. The van der Waals surface area contributed by atoms with Crippen LogP contribution in [-0.4, -0.2) is 37.2 Å². The number of carbonyl (C=O) groups excluding carboxylic acids is 3. The third-order valence-corrected chi connectivity index (χ3v) is 13.4. The highest BCUT2D eigenvalue weighted by atomic mass is 16.6. The minimum atomic E-state index is -0.829. The molecule has 0 aromatic heterocycles. The zero-order valence-electron chi connectivity index (χ0n) is 53.1. The van der Waals surface area contributed by atoms with E-state index in [-0.39, 0.29) is 37.5 Å². The van der Waals surface area contributed by atoms with E-state index in [9.17, 15) is 14.4 Å². The Labute approximate surface area is 510 Å². The van der Waals surface area contributed by atoms with Crippen LogP contribution in [0.15, 0.2) is 182 Å². The lowest BCUT2D eigenvalue weighted by atomic mass is 10.0. The van der Waals surface area contributed by atoms with Crippen molar-refractivity contribution in [2.75, 3.05) is 13.2 Å². The van der Waals surface area contributed by atoms with Gasteiger partial charge in [0.2, 0.25) is 0 Å². The second kappa shape index (κ2) is 69.0. The standard InChI is InChI=1S/C77H120O6/c1-4-7-10-13-16-19-22-25-28-31-34-36-38-40-43-46-49-52-55-58-61-64-67-70-76(79)82-73-74(72-81-75(78)69-66-63-60-57-54-51-48-45-42-33-30-27-24-21-18-15-12-9-6-3)83-77(80)71-68-65-62-59-56-53-50-47-44-41-39-37-35-32-29-26-23-20-17-14-11-8-5-2/h7-12,16-21,25-30,34-37,40,42-43,45,51,54,60,63,74H,4-6,13-15,22-24,31-33,38-39,41,44,46-50,52-53,55-59,61-62,64-73H2,1-3H3/b10-7-,11-8-,12-9-,19-16-,20-17-,21-18-,28-25-,29-26-,30-27-,36-34-,37-35-,43-40-,45-42-,54-51-,63-60-. The molecule has 464 valence electrons. The highest BCUT2D eigenvalue weighted by molar-refractivity contribution is 5.71. The molecule has 0 radical (unpaired) electrons. The lowest BCUT2D eigenvalue weighted by molar-refractivity contribution is -0.166. The fraction of sp³-hybridized carbons (Fsp3) is 0.571. The highest BCUT2D eigenvalue weighted by Crippen LogP contribution is 2.15. The summed E-state index contributed by atoms with van der Waals surface area (Å²) >= 11 is 0. The largest absolute Gasteiger partial charge is 0.462 e. The molecule has 0 saturated carbocycles. The lowest BCUT2D eigenvalue weighted by Gasteiger charge is -2.18. The van der Waals surface area contributed by atoms with Crippen LogP contribution in [0.4, 0.5) is 0 Å². The van der Waals surface area contributed by atoms with E-state index in [4.69, 9.17) is 14.2 Å². The van der Waals surface area contributed by atoms with E-state index in [0.29, 0.717) is 19.3 Å². The molecule has 0 aliphatic heterocycles. The molecule has 6 nitrogen and oxygen atoms in total. The van der Waals surface area contributed by atoms with Crippen LogP contribution in [0.1, 0.15) is 265 Å². The molecule has 0 saturated heterocycles. The van der Waals surface area contributed by atoms with E-state index in [2.05, 4.69) is 197 Å². The van der Waals surface area contributed by atoms with Gasteiger partial charge in [-0.15, -0.1) is 0 Å². The number of rotatable bonds is 58. The number of unbranched alkanes of at least 4 members (excludes halogenated alkanes) is 17. The second-order valence-electron chi connectivity index (χ2n) is 21.2. The summed E-state index contributed by atoms with van der Waals surface area (Å²) in [7, 11) is 0. The Morgan fingerprint density at radius 2 is 0.458 bits per heavy atom. The molecule has 0 bridgehead atoms. The minimum Gasteiger partial charge on any atom is -0.462 e. The van der Waals surface area contributed by atoms with Gasteiger partial charge in [-0.2, -0.15) is 0 Å². The molecule has 0 aliphatic carbocycles. The number of esters is 3. The number of carbonyl (C=O) groups is 3. The number of allylic oxidation sites excluding steroid dienone is 30. The number of ether oxygens (including phenoxy) is 3. The van der Waals surface area contributed by atoms with E-state index in [0.717, 1.165) is 148 Å². The number of hydrogen-bond acceptors (Lipinski definition) is 6. The monoisotopic (exact) mass is 1140 g/mol. The topological polar surface area (TPSA) is 78.9 Å². The molecular weight excluding hydrogens is 1020 g/mol. The maximum absolute atomic E-state index is 13.0. The van der Waals surface area contributed by atoms with Crippen LogP contribution in [0.3, 0.4) is 0 Å². The SMILES string of the molecule is CC/C=C\C/C=C\C/C=C\C/C=C\C/C=C\C/C=C\CCC(=O)OCC(COC(=O)CCCCCCCCC/C=C\C/C=C\C/C=C\C/C=C\C/C=C\CC)OC(=O)CCCCCCCCCCCC/C=C\C/C=C\C/C=C\C/C=C\CC. The summed E-state index contributed by atoms with van der Waals surface area (Å²) in [6, 6.07) is 0. The minimum absolute atomic E-state index is 0.118. The molecular formula is C77H120O6. The Kier molecular flexibility index (Phi) is 64.4. The molecule has 0 aromatic carbocycles. The Balaban J connectivity index is 4.54. The number of hydrogen-bond donors (Lipinski definition) is 0. The van der Waals surface area contributed by atoms with Crippen molar-refractivity contribution < 1.29 is 28.6 Å². The van der Waals surface area contributed by atoms with Crippen molar-refractivity contribution in [3.05, 3.63) is 182 Å². The van der Waals surface area contributed by atoms with Crippen molar-refractivity contribution in [3.8, 4) is 0 Å². The van der Waals surface area contributed by atoms with Gasteiger partial charge in [0.1, 0.15) is 13.2 Å². The Bertz CT molecular complexity index is 1940. The first-order valence-electron chi connectivity index (χ1n) is 33.3. The summed E-state index contributed by atoms with van der Waals surface area (Å²) in [6.45, 7) is 6.22. The van der Waals surface area contributed by atoms with Gasteiger partial charge in [0.15, 0.2) is 6.10 Å². The van der Waals surface area contributed by atoms with E-state index < -0.39 is 6.10 Å². The van der Waals surface area contributed by atoms with Gasteiger partial charge in [-0.3, -0.25) is 14.4 Å². The van der Waals surface area contributed by atoms with Crippen LogP contribution < -0.4 is 0 Å². The van der Waals surface area contributed by atoms with Gasteiger partial charge in [0, 0.05) is 19.3 Å². The predicted molar refractivity (Wildman–Crippen MR) is 361 cm³/mol. The van der Waals surface area contributed by atoms with Crippen molar-refractivity contribution >= 4 is 17.9 Å². The van der Waals surface area contributed by atoms with Crippen LogP contribution in [0.25, 0.3) is 0 Å². The van der Waals surface area contributed by atoms with Crippen LogP contribution >= 0.6 is 0 Å². The smallest absolute Gasteiger partial charge is 0.306 e. The average molecular weight is 1140 g/mol. The normalized spacial score (nSPS) is 13.3. The Hall–Kier alpha value is -5.49. The molecule has 0 aromatic rings. The Morgan fingerprint density at radius 3 is 0.747 bits per heavy atom. The first-order valence-corrected chi connectivity index (χ1v) is 33.3. The molecule has 0 amide bonds. The van der Waals surface area contributed by atoms with Crippen LogP contribution in [-0.2, 0) is 28.6 Å². The summed E-state index contributed by atoms with van der Waals surface area (Å²) < 4.78 is 16.9.